The zero-order chi connectivity index (χ0) is 21.9. The van der Waals surface area contributed by atoms with Crippen molar-refractivity contribution in [2.24, 2.45) is 0 Å². The number of halogens is 1. The second-order valence-corrected chi connectivity index (χ2v) is 7.01. The maximum atomic E-state index is 5.86. The van der Waals surface area contributed by atoms with Crippen molar-refractivity contribution in [2.75, 3.05) is 6.61 Å². The predicted octanol–water partition coefficient (Wildman–Crippen LogP) is 7.86. The smallest absolute Gasteiger partial charge is 0.118 e. The molecule has 0 fully saturated rings. The average molecular weight is 518 g/mol. The first-order chi connectivity index (χ1) is 13.6. The molecule has 0 saturated carbocycles. The SMILES string of the molecule is C#C.CC.CC.Cc1oc(CN[C@@H](COSI)c2ccccc2)cc1C(C)C. The molecule has 3 nitrogen and oxygen atoms in total. The fourth-order valence-corrected chi connectivity index (χ4v) is 3.12. The molecule has 2 rings (SSSR count). The van der Waals surface area contributed by atoms with Gasteiger partial charge in [-0.1, -0.05) is 71.9 Å². The molecule has 0 saturated heterocycles. The van der Waals surface area contributed by atoms with Gasteiger partial charge < -0.3 is 13.9 Å². The molecule has 28 heavy (non-hydrogen) atoms. The van der Waals surface area contributed by atoms with Gasteiger partial charge in [0.1, 0.15) is 11.5 Å². The summed E-state index contributed by atoms with van der Waals surface area (Å²) in [6.45, 7) is 15.7. The molecule has 1 aromatic heterocycles. The molecule has 0 spiro atoms. The average Bonchev–Trinajstić information content (AvgIpc) is 3.14. The third kappa shape index (κ3) is 11.2. The standard InChI is InChI=1S/C17H22INO2S.2C2H6.C2H2/c1-12(2)16-9-15(21-13(16)3)10-19-17(11-20-22-18)14-7-5-4-6-8-14;3*1-2/h4-9,12,17,19H,10-11H2,1-3H3;2*1-2H3;1-2H/t17-;;;/m0.../s1. The Hall–Kier alpha value is -0.940. The van der Waals surface area contributed by atoms with Crippen LogP contribution in [0.5, 0.6) is 0 Å². The summed E-state index contributed by atoms with van der Waals surface area (Å²) in [5.41, 5.74) is 2.51. The molecule has 0 aliphatic carbocycles. The van der Waals surface area contributed by atoms with Gasteiger partial charge in [0.25, 0.3) is 0 Å². The van der Waals surface area contributed by atoms with Gasteiger partial charge in [0.2, 0.25) is 0 Å². The molecule has 0 unspecified atom stereocenters. The van der Waals surface area contributed by atoms with Gasteiger partial charge in [0, 0.05) is 21.2 Å². The molecule has 0 amide bonds. The minimum atomic E-state index is 0.149. The lowest BCUT2D eigenvalue weighted by Gasteiger charge is -2.17. The third-order valence-electron chi connectivity index (χ3n) is 3.63. The van der Waals surface area contributed by atoms with Crippen LogP contribution in [0.3, 0.4) is 0 Å². The Bertz CT molecular complexity index is 612. The number of rotatable bonds is 8. The first-order valence-corrected chi connectivity index (χ1v) is 13.0. The Morgan fingerprint density at radius 1 is 1.11 bits per heavy atom. The molecule has 0 aliphatic heterocycles. The summed E-state index contributed by atoms with van der Waals surface area (Å²) in [6, 6.07) is 12.7. The lowest BCUT2D eigenvalue weighted by molar-refractivity contribution is 0.303. The van der Waals surface area contributed by atoms with E-state index in [9.17, 15) is 0 Å². The van der Waals surface area contributed by atoms with E-state index in [1.807, 2.05) is 40.7 Å². The normalized spacial score (nSPS) is 10.5. The number of aryl methyl sites for hydroxylation is 1. The first kappa shape index (κ1) is 29.3. The minimum absolute atomic E-state index is 0.149. The third-order valence-corrected chi connectivity index (χ3v) is 4.62. The highest BCUT2D eigenvalue weighted by Gasteiger charge is 2.14. The van der Waals surface area contributed by atoms with E-state index in [1.165, 1.54) is 20.3 Å². The van der Waals surface area contributed by atoms with Crippen LogP contribution in [0.4, 0.5) is 0 Å². The highest BCUT2D eigenvalue weighted by atomic mass is 127. The van der Waals surface area contributed by atoms with Crippen molar-refractivity contribution >= 4 is 30.4 Å². The molecule has 1 N–H and O–H groups in total. The number of hydrogen-bond acceptors (Lipinski definition) is 4. The van der Waals surface area contributed by atoms with Crippen LogP contribution < -0.4 is 5.32 Å². The fraction of sp³-hybridized carbons (Fsp3) is 0.478. The van der Waals surface area contributed by atoms with E-state index in [0.717, 1.165) is 11.5 Å². The van der Waals surface area contributed by atoms with Gasteiger partial charge in [-0.05, 0) is 30.0 Å². The second kappa shape index (κ2) is 19.4. The molecule has 158 valence electrons. The van der Waals surface area contributed by atoms with Gasteiger partial charge in [-0.25, -0.2) is 0 Å². The van der Waals surface area contributed by atoms with Crippen molar-refractivity contribution in [2.45, 2.75) is 67.0 Å². The Morgan fingerprint density at radius 3 is 2.14 bits per heavy atom. The van der Waals surface area contributed by atoms with Crippen LogP contribution in [0.25, 0.3) is 0 Å². The van der Waals surface area contributed by atoms with Crippen molar-refractivity contribution in [1.29, 1.82) is 0 Å². The summed E-state index contributed by atoms with van der Waals surface area (Å²) < 4.78 is 11.4. The summed E-state index contributed by atoms with van der Waals surface area (Å²) in [4.78, 5) is 0. The molecule has 0 radical (unpaired) electrons. The zero-order valence-electron chi connectivity index (χ0n) is 18.3. The Labute approximate surface area is 189 Å². The van der Waals surface area contributed by atoms with Crippen molar-refractivity contribution in [3.63, 3.8) is 0 Å². The largest absolute Gasteiger partial charge is 0.465 e. The monoisotopic (exact) mass is 517 g/mol. The van der Waals surface area contributed by atoms with E-state index in [-0.39, 0.29) is 6.04 Å². The number of hydrogen-bond donors (Lipinski definition) is 1. The van der Waals surface area contributed by atoms with E-state index in [2.05, 4.69) is 83.5 Å². The Morgan fingerprint density at radius 2 is 1.68 bits per heavy atom. The zero-order valence-corrected chi connectivity index (χ0v) is 21.3. The van der Waals surface area contributed by atoms with Crippen LogP contribution in [0.1, 0.15) is 76.1 Å². The van der Waals surface area contributed by atoms with Crippen LogP contribution in [0.15, 0.2) is 40.8 Å². The van der Waals surface area contributed by atoms with E-state index < -0.39 is 0 Å². The highest BCUT2D eigenvalue weighted by molar-refractivity contribution is 14.2. The van der Waals surface area contributed by atoms with Gasteiger partial charge in [0.15, 0.2) is 0 Å². The van der Waals surface area contributed by atoms with E-state index >= 15 is 0 Å². The van der Waals surface area contributed by atoms with Gasteiger partial charge in [-0.2, -0.15) is 0 Å². The van der Waals surface area contributed by atoms with E-state index in [1.54, 1.807) is 0 Å². The van der Waals surface area contributed by atoms with Crippen LogP contribution in [-0.4, -0.2) is 6.61 Å². The Balaban J connectivity index is 0. The van der Waals surface area contributed by atoms with Crippen molar-refractivity contribution in [3.05, 3.63) is 59.0 Å². The quantitative estimate of drug-likeness (QED) is 0.220. The van der Waals surface area contributed by atoms with Gasteiger partial charge >= 0.3 is 0 Å². The van der Waals surface area contributed by atoms with Crippen LogP contribution >= 0.6 is 30.4 Å². The number of terminal acetylenes is 1. The molecule has 1 atom stereocenters. The van der Waals surface area contributed by atoms with Gasteiger partial charge in [-0.15, -0.1) is 12.8 Å². The highest BCUT2D eigenvalue weighted by Crippen LogP contribution is 2.24. The summed E-state index contributed by atoms with van der Waals surface area (Å²) >= 11 is 2.14. The molecule has 0 aliphatic rings. The van der Waals surface area contributed by atoms with Gasteiger partial charge in [-0.3, -0.25) is 0 Å². The van der Waals surface area contributed by atoms with Crippen molar-refractivity contribution in [3.8, 4) is 12.8 Å². The van der Waals surface area contributed by atoms with Crippen LogP contribution in [0, 0.1) is 19.8 Å². The first-order valence-electron chi connectivity index (χ1n) is 9.73. The molecule has 5 heteroatoms. The lowest BCUT2D eigenvalue weighted by Crippen LogP contribution is -2.24. The summed E-state index contributed by atoms with van der Waals surface area (Å²) in [5.74, 6) is 2.48. The topological polar surface area (TPSA) is 34.4 Å². The predicted molar refractivity (Wildman–Crippen MR) is 134 cm³/mol. The molecule has 1 heterocycles. The summed E-state index contributed by atoms with van der Waals surface area (Å²) in [5, 5.41) is 3.53. The van der Waals surface area contributed by atoms with Gasteiger partial charge in [0.05, 0.1) is 28.4 Å². The van der Waals surface area contributed by atoms with E-state index in [4.69, 9.17) is 8.60 Å². The number of furan rings is 1. The van der Waals surface area contributed by atoms with Crippen molar-refractivity contribution in [1.82, 2.24) is 5.32 Å². The molecule has 1 aromatic carbocycles. The van der Waals surface area contributed by atoms with Crippen LogP contribution in [-0.2, 0) is 10.7 Å². The molecule has 2 aromatic rings. The molecule has 0 bridgehead atoms. The number of nitrogens with one attached hydrogen (secondary N) is 1. The summed E-state index contributed by atoms with van der Waals surface area (Å²) in [7, 11) is 1.36. The maximum Gasteiger partial charge on any atom is 0.118 e. The summed E-state index contributed by atoms with van der Waals surface area (Å²) in [6.07, 6.45) is 8.00. The lowest BCUT2D eigenvalue weighted by atomic mass is 10.0. The van der Waals surface area contributed by atoms with E-state index in [0.29, 0.717) is 19.1 Å². The second-order valence-electron chi connectivity index (χ2n) is 5.57. The maximum absolute atomic E-state index is 5.86. The number of benzene rings is 1. The minimum Gasteiger partial charge on any atom is -0.465 e. The Kier molecular flexibility index (Phi) is 20.3. The van der Waals surface area contributed by atoms with Crippen molar-refractivity contribution < 1.29 is 8.60 Å². The molecular weight excluding hydrogens is 481 g/mol. The molecular formula is C23H36INO2S. The fourth-order valence-electron chi connectivity index (χ4n) is 2.50. The van der Waals surface area contributed by atoms with Crippen LogP contribution in [0.2, 0.25) is 0 Å².